The molecule has 0 unspecified atom stereocenters. The van der Waals surface area contributed by atoms with Crippen LogP contribution in [0.5, 0.6) is 5.75 Å². The van der Waals surface area contributed by atoms with Crippen LogP contribution in [-0.4, -0.2) is 17.6 Å². The molecule has 0 bridgehead atoms. The molecule has 2 N–H and O–H groups in total. The molecule has 0 atom stereocenters. The molecule has 0 fully saturated rings. The summed E-state index contributed by atoms with van der Waals surface area (Å²) in [6.45, 7) is 2.44. The summed E-state index contributed by atoms with van der Waals surface area (Å²) in [6, 6.07) is 10.3. The zero-order valence-corrected chi connectivity index (χ0v) is 13.0. The van der Waals surface area contributed by atoms with Crippen molar-refractivity contribution >= 4 is 34.7 Å². The monoisotopic (exact) mass is 335 g/mol. The molecule has 0 aliphatic carbocycles. The molecule has 0 saturated heterocycles. The number of carbonyl (C=O) groups excluding carboxylic acids is 1. The Morgan fingerprint density at radius 1 is 1.17 bits per heavy atom. The molecular weight excluding hydrogens is 322 g/mol. The Labute approximate surface area is 137 Å². The summed E-state index contributed by atoms with van der Waals surface area (Å²) in [5, 5.41) is 15.9. The Morgan fingerprint density at radius 2 is 1.78 bits per heavy atom. The molecule has 0 aromatic heterocycles. The second-order valence-electron chi connectivity index (χ2n) is 4.46. The molecule has 2 aromatic carbocycles. The van der Waals surface area contributed by atoms with Gasteiger partial charge in [0.05, 0.1) is 11.5 Å². The average Bonchev–Trinajstić information content (AvgIpc) is 2.51. The van der Waals surface area contributed by atoms with Gasteiger partial charge in [0.1, 0.15) is 10.8 Å². The lowest BCUT2D eigenvalue weighted by molar-refractivity contribution is -0.384. The summed E-state index contributed by atoms with van der Waals surface area (Å²) in [5.41, 5.74) is 0.560. The maximum absolute atomic E-state index is 11.9. The molecule has 2 amide bonds. The second-order valence-corrected chi connectivity index (χ2v) is 4.87. The van der Waals surface area contributed by atoms with E-state index in [-0.39, 0.29) is 16.4 Å². The molecule has 0 radical (unpaired) electrons. The Morgan fingerprint density at radius 3 is 2.39 bits per heavy atom. The number of anilines is 2. The van der Waals surface area contributed by atoms with Gasteiger partial charge in [-0.3, -0.25) is 10.1 Å². The molecule has 23 heavy (non-hydrogen) atoms. The SMILES string of the molecule is CCOc1ccc(NC(=O)Nc2ccc(Cl)c([N+](=O)[O-])c2)cc1. The Kier molecular flexibility index (Phi) is 5.37. The van der Waals surface area contributed by atoms with Gasteiger partial charge in [0.15, 0.2) is 0 Å². The molecule has 0 aliphatic heterocycles. The lowest BCUT2D eigenvalue weighted by Crippen LogP contribution is -2.19. The first kappa shape index (κ1) is 16.6. The van der Waals surface area contributed by atoms with Crippen LogP contribution in [0.4, 0.5) is 21.9 Å². The van der Waals surface area contributed by atoms with E-state index in [1.54, 1.807) is 24.3 Å². The van der Waals surface area contributed by atoms with Crippen LogP contribution in [0.1, 0.15) is 6.92 Å². The Bertz CT molecular complexity index is 719. The molecule has 7 nitrogen and oxygen atoms in total. The number of rotatable bonds is 5. The van der Waals surface area contributed by atoms with Gasteiger partial charge in [-0.15, -0.1) is 0 Å². The van der Waals surface area contributed by atoms with E-state index in [1.807, 2.05) is 6.92 Å². The van der Waals surface area contributed by atoms with Gasteiger partial charge in [-0.25, -0.2) is 4.79 Å². The van der Waals surface area contributed by atoms with Crippen molar-refractivity contribution in [3.63, 3.8) is 0 Å². The van der Waals surface area contributed by atoms with Crippen LogP contribution in [0.2, 0.25) is 5.02 Å². The third kappa shape index (κ3) is 4.58. The second kappa shape index (κ2) is 7.46. The minimum Gasteiger partial charge on any atom is -0.494 e. The summed E-state index contributed by atoms with van der Waals surface area (Å²) in [6.07, 6.45) is 0. The van der Waals surface area contributed by atoms with E-state index in [9.17, 15) is 14.9 Å². The van der Waals surface area contributed by atoms with Crippen molar-refractivity contribution in [3.8, 4) is 5.75 Å². The minimum absolute atomic E-state index is 0.00692. The van der Waals surface area contributed by atoms with E-state index in [2.05, 4.69) is 10.6 Å². The smallest absolute Gasteiger partial charge is 0.323 e. The van der Waals surface area contributed by atoms with Crippen LogP contribution < -0.4 is 15.4 Å². The number of hydrogen-bond acceptors (Lipinski definition) is 4. The number of urea groups is 1. The lowest BCUT2D eigenvalue weighted by Gasteiger charge is -2.09. The number of benzene rings is 2. The van der Waals surface area contributed by atoms with Crippen molar-refractivity contribution in [2.75, 3.05) is 17.2 Å². The molecule has 2 aromatic rings. The van der Waals surface area contributed by atoms with Crippen LogP contribution in [-0.2, 0) is 0 Å². The van der Waals surface area contributed by atoms with Crippen molar-refractivity contribution in [1.29, 1.82) is 0 Å². The lowest BCUT2D eigenvalue weighted by atomic mass is 10.3. The minimum atomic E-state index is -0.613. The Hall–Kier alpha value is -2.80. The van der Waals surface area contributed by atoms with E-state index in [1.165, 1.54) is 18.2 Å². The summed E-state index contributed by atoms with van der Waals surface area (Å²) in [5.74, 6) is 0.701. The highest BCUT2D eigenvalue weighted by Crippen LogP contribution is 2.27. The predicted octanol–water partition coefficient (Wildman–Crippen LogP) is 4.29. The first-order valence-corrected chi connectivity index (χ1v) is 7.12. The van der Waals surface area contributed by atoms with E-state index in [0.717, 1.165) is 0 Å². The molecule has 0 aliphatic rings. The van der Waals surface area contributed by atoms with Gasteiger partial charge in [-0.1, -0.05) is 11.6 Å². The maximum atomic E-state index is 11.9. The molecule has 120 valence electrons. The summed E-state index contributed by atoms with van der Waals surface area (Å²) in [4.78, 5) is 22.1. The first-order valence-electron chi connectivity index (χ1n) is 6.74. The van der Waals surface area contributed by atoms with Crippen molar-refractivity contribution < 1.29 is 14.5 Å². The number of halogens is 1. The van der Waals surface area contributed by atoms with Crippen LogP contribution >= 0.6 is 11.6 Å². The van der Waals surface area contributed by atoms with Gasteiger partial charge < -0.3 is 15.4 Å². The maximum Gasteiger partial charge on any atom is 0.323 e. The van der Waals surface area contributed by atoms with Gasteiger partial charge in [0.25, 0.3) is 5.69 Å². The van der Waals surface area contributed by atoms with Crippen LogP contribution in [0.15, 0.2) is 42.5 Å². The average molecular weight is 336 g/mol. The number of ether oxygens (including phenoxy) is 1. The number of nitro benzene ring substituents is 1. The Balaban J connectivity index is 2.02. The third-order valence-corrected chi connectivity index (χ3v) is 3.14. The normalized spacial score (nSPS) is 10.0. The summed E-state index contributed by atoms with van der Waals surface area (Å²) in [7, 11) is 0. The van der Waals surface area contributed by atoms with E-state index in [0.29, 0.717) is 18.0 Å². The summed E-state index contributed by atoms with van der Waals surface area (Å²) >= 11 is 5.72. The van der Waals surface area contributed by atoms with Gasteiger partial charge in [0, 0.05) is 17.4 Å². The van der Waals surface area contributed by atoms with Gasteiger partial charge in [-0.05, 0) is 43.3 Å². The fraction of sp³-hybridized carbons (Fsp3) is 0.133. The molecular formula is C15H14ClN3O4. The quantitative estimate of drug-likeness (QED) is 0.629. The fourth-order valence-corrected chi connectivity index (χ4v) is 2.01. The van der Waals surface area contributed by atoms with Crippen LogP contribution in [0.25, 0.3) is 0 Å². The third-order valence-electron chi connectivity index (χ3n) is 2.82. The number of nitrogens with one attached hydrogen (secondary N) is 2. The van der Waals surface area contributed by atoms with Crippen LogP contribution in [0.3, 0.4) is 0 Å². The zero-order chi connectivity index (χ0) is 16.8. The number of amides is 2. The van der Waals surface area contributed by atoms with Crippen molar-refractivity contribution in [2.45, 2.75) is 6.92 Å². The number of nitrogens with zero attached hydrogens (tertiary/aromatic N) is 1. The standard InChI is InChI=1S/C15H14ClN3O4/c1-2-23-12-6-3-10(4-7-12)17-15(20)18-11-5-8-13(16)14(9-11)19(21)22/h3-9H,2H2,1H3,(H2,17,18,20). The largest absolute Gasteiger partial charge is 0.494 e. The van der Waals surface area contributed by atoms with Gasteiger partial charge >= 0.3 is 6.03 Å². The highest BCUT2D eigenvalue weighted by Gasteiger charge is 2.13. The topological polar surface area (TPSA) is 93.5 Å². The first-order chi connectivity index (χ1) is 11.0. The summed E-state index contributed by atoms with van der Waals surface area (Å²) < 4.78 is 5.30. The number of carbonyl (C=O) groups is 1. The molecule has 2 rings (SSSR count). The highest BCUT2D eigenvalue weighted by molar-refractivity contribution is 6.32. The van der Waals surface area contributed by atoms with E-state index < -0.39 is 11.0 Å². The van der Waals surface area contributed by atoms with Gasteiger partial charge in [-0.2, -0.15) is 0 Å². The molecule has 0 saturated carbocycles. The molecule has 8 heteroatoms. The molecule has 0 spiro atoms. The van der Waals surface area contributed by atoms with Crippen molar-refractivity contribution in [3.05, 3.63) is 57.6 Å². The van der Waals surface area contributed by atoms with Crippen molar-refractivity contribution in [2.24, 2.45) is 0 Å². The highest BCUT2D eigenvalue weighted by atomic mass is 35.5. The number of hydrogen-bond donors (Lipinski definition) is 2. The van der Waals surface area contributed by atoms with Crippen molar-refractivity contribution in [1.82, 2.24) is 0 Å². The zero-order valence-electron chi connectivity index (χ0n) is 12.2. The molecule has 0 heterocycles. The predicted molar refractivity (Wildman–Crippen MR) is 88.4 cm³/mol. The van der Waals surface area contributed by atoms with E-state index >= 15 is 0 Å². The van der Waals surface area contributed by atoms with Gasteiger partial charge in [0.2, 0.25) is 0 Å². The fourth-order valence-electron chi connectivity index (χ4n) is 1.82. The number of nitro groups is 1. The van der Waals surface area contributed by atoms with E-state index in [4.69, 9.17) is 16.3 Å². The van der Waals surface area contributed by atoms with Crippen LogP contribution in [0, 0.1) is 10.1 Å².